The molecule has 0 unspecified atom stereocenters. The van der Waals surface area contributed by atoms with Crippen LogP contribution in [-0.2, 0) is 19.9 Å². The van der Waals surface area contributed by atoms with Gasteiger partial charge < -0.3 is 0 Å². The average molecular weight is 367 g/mol. The fourth-order valence-electron chi connectivity index (χ4n) is 1.20. The van der Waals surface area contributed by atoms with E-state index in [-0.39, 0.29) is 26.4 Å². The summed E-state index contributed by atoms with van der Waals surface area (Å²) >= 11 is 17.0. The summed E-state index contributed by atoms with van der Waals surface area (Å²) in [5.41, 5.74) is -0.0256. The number of hydrogen-bond acceptors (Lipinski definition) is 4. The maximum Gasteiger partial charge on any atom is 0.246 e. The topological polar surface area (TPSA) is 80.3 Å². The van der Waals surface area contributed by atoms with Gasteiger partial charge in [0.05, 0.1) is 26.4 Å². The van der Waals surface area contributed by atoms with Gasteiger partial charge in [-0.3, -0.25) is 4.72 Å². The first-order valence-electron chi connectivity index (χ1n) is 4.92. The summed E-state index contributed by atoms with van der Waals surface area (Å²) in [6, 6.07) is 2.42. The van der Waals surface area contributed by atoms with E-state index in [1.54, 1.807) is 0 Å². The van der Waals surface area contributed by atoms with E-state index in [2.05, 4.69) is 4.72 Å². The lowest BCUT2D eigenvalue weighted by molar-refractivity contribution is 0.597. The molecule has 0 saturated carbocycles. The van der Waals surface area contributed by atoms with Gasteiger partial charge in [-0.25, -0.2) is 16.8 Å². The van der Waals surface area contributed by atoms with Crippen molar-refractivity contribution in [3.63, 3.8) is 0 Å². The highest BCUT2D eigenvalue weighted by Gasteiger charge is 2.21. The van der Waals surface area contributed by atoms with Crippen LogP contribution in [-0.4, -0.2) is 27.8 Å². The number of anilines is 1. The Hall–Kier alpha value is -0.210. The second-order valence-electron chi connectivity index (χ2n) is 3.47. The van der Waals surface area contributed by atoms with Crippen LogP contribution in [0.4, 0.5) is 5.69 Å². The van der Waals surface area contributed by atoms with Crippen molar-refractivity contribution in [3.05, 3.63) is 22.2 Å². The standard InChI is InChI=1S/C9H10Cl3NO4S2/c1-2-18(14,15)7-4-3-6(8(11)9(7)12)13-19(16,17)5-10/h3-4,13H,2,5H2,1H3. The molecular formula is C9H10Cl3NO4S2. The van der Waals surface area contributed by atoms with E-state index < -0.39 is 25.1 Å². The minimum atomic E-state index is -3.74. The molecule has 0 aliphatic heterocycles. The number of halogens is 3. The SMILES string of the molecule is CCS(=O)(=O)c1ccc(NS(=O)(=O)CCl)c(Cl)c1Cl. The Morgan fingerprint density at radius 2 is 1.68 bits per heavy atom. The summed E-state index contributed by atoms with van der Waals surface area (Å²) < 4.78 is 48.2. The number of benzene rings is 1. The zero-order valence-corrected chi connectivity index (χ0v) is 13.6. The molecular weight excluding hydrogens is 357 g/mol. The van der Waals surface area contributed by atoms with Gasteiger partial charge in [0.15, 0.2) is 9.84 Å². The molecule has 0 spiro atoms. The Kier molecular flexibility index (Phi) is 5.36. The van der Waals surface area contributed by atoms with Crippen LogP contribution in [0.2, 0.25) is 10.0 Å². The number of rotatable bonds is 5. The molecule has 19 heavy (non-hydrogen) atoms. The molecule has 5 nitrogen and oxygen atoms in total. The van der Waals surface area contributed by atoms with Crippen molar-refractivity contribution in [2.24, 2.45) is 0 Å². The van der Waals surface area contributed by atoms with Crippen LogP contribution in [0.3, 0.4) is 0 Å². The van der Waals surface area contributed by atoms with E-state index in [0.717, 1.165) is 0 Å². The Balaban J connectivity index is 3.35. The fraction of sp³-hybridized carbons (Fsp3) is 0.333. The highest BCUT2D eigenvalue weighted by atomic mass is 35.5. The van der Waals surface area contributed by atoms with Crippen molar-refractivity contribution in [1.82, 2.24) is 0 Å². The van der Waals surface area contributed by atoms with Crippen molar-refractivity contribution in [1.29, 1.82) is 0 Å². The van der Waals surface area contributed by atoms with Crippen LogP contribution < -0.4 is 4.72 Å². The predicted molar refractivity (Wildman–Crippen MR) is 77.5 cm³/mol. The first-order chi connectivity index (χ1) is 8.64. The Bertz CT molecular complexity index is 686. The normalized spacial score (nSPS) is 12.4. The number of sulfone groups is 1. The summed E-state index contributed by atoms with van der Waals surface area (Å²) in [4.78, 5) is -0.143. The van der Waals surface area contributed by atoms with Gasteiger partial charge in [0.2, 0.25) is 10.0 Å². The van der Waals surface area contributed by atoms with E-state index >= 15 is 0 Å². The molecule has 10 heteroatoms. The van der Waals surface area contributed by atoms with Gasteiger partial charge in [-0.05, 0) is 12.1 Å². The van der Waals surface area contributed by atoms with Crippen molar-refractivity contribution in [2.75, 3.05) is 15.7 Å². The molecule has 108 valence electrons. The molecule has 1 N–H and O–H groups in total. The van der Waals surface area contributed by atoms with E-state index in [1.807, 2.05) is 0 Å². The molecule has 0 amide bonds. The number of sulfonamides is 1. The van der Waals surface area contributed by atoms with E-state index in [9.17, 15) is 16.8 Å². The molecule has 1 rings (SSSR count). The van der Waals surface area contributed by atoms with Gasteiger partial charge in [0.25, 0.3) is 0 Å². The summed E-state index contributed by atoms with van der Waals surface area (Å²) in [5, 5.41) is -1.07. The lowest BCUT2D eigenvalue weighted by Crippen LogP contribution is -2.14. The quantitative estimate of drug-likeness (QED) is 0.812. The second-order valence-corrected chi connectivity index (χ2v) is 8.78. The predicted octanol–water partition coefficient (Wildman–Crippen LogP) is 2.73. The number of hydrogen-bond donors (Lipinski definition) is 1. The number of alkyl halides is 1. The molecule has 0 aromatic heterocycles. The van der Waals surface area contributed by atoms with Crippen LogP contribution in [0.15, 0.2) is 17.0 Å². The molecule has 0 aliphatic carbocycles. The molecule has 0 aliphatic rings. The maximum absolute atomic E-state index is 11.7. The van der Waals surface area contributed by atoms with Crippen LogP contribution in [0.5, 0.6) is 0 Å². The lowest BCUT2D eigenvalue weighted by atomic mass is 10.3. The summed E-state index contributed by atoms with van der Waals surface area (Å²) in [6.07, 6.45) is 0. The third-order valence-electron chi connectivity index (χ3n) is 2.17. The van der Waals surface area contributed by atoms with Gasteiger partial charge in [-0.1, -0.05) is 30.1 Å². The van der Waals surface area contributed by atoms with E-state index in [4.69, 9.17) is 34.8 Å². The molecule has 0 atom stereocenters. The van der Waals surface area contributed by atoms with Crippen LogP contribution in [0, 0.1) is 0 Å². The smallest absolute Gasteiger partial charge is 0.246 e. The first-order valence-corrected chi connectivity index (χ1v) is 9.51. The molecule has 0 saturated heterocycles. The fourth-order valence-corrected chi connectivity index (χ4v) is 3.73. The van der Waals surface area contributed by atoms with E-state index in [0.29, 0.717) is 0 Å². The average Bonchev–Trinajstić information content (AvgIpc) is 2.34. The van der Waals surface area contributed by atoms with Crippen molar-refractivity contribution >= 4 is 60.4 Å². The minimum Gasteiger partial charge on any atom is -0.281 e. The minimum absolute atomic E-state index is 0.0256. The van der Waals surface area contributed by atoms with Crippen LogP contribution in [0.25, 0.3) is 0 Å². The van der Waals surface area contributed by atoms with E-state index in [1.165, 1.54) is 19.1 Å². The largest absolute Gasteiger partial charge is 0.281 e. The maximum atomic E-state index is 11.7. The molecule has 0 radical (unpaired) electrons. The monoisotopic (exact) mass is 365 g/mol. The highest BCUT2D eigenvalue weighted by Crippen LogP contribution is 2.36. The zero-order valence-electron chi connectivity index (χ0n) is 9.65. The van der Waals surface area contributed by atoms with Gasteiger partial charge in [-0.2, -0.15) is 0 Å². The third-order valence-corrected chi connectivity index (χ3v) is 6.62. The van der Waals surface area contributed by atoms with Crippen molar-refractivity contribution in [3.8, 4) is 0 Å². The summed E-state index contributed by atoms with van der Waals surface area (Å²) in [7, 11) is -7.28. The summed E-state index contributed by atoms with van der Waals surface area (Å²) in [5.74, 6) is -0.143. The number of nitrogens with one attached hydrogen (secondary N) is 1. The van der Waals surface area contributed by atoms with Crippen LogP contribution >= 0.6 is 34.8 Å². The van der Waals surface area contributed by atoms with Gasteiger partial charge in [0.1, 0.15) is 5.21 Å². The summed E-state index contributed by atoms with van der Waals surface area (Å²) in [6.45, 7) is 1.46. The Labute approximate surface area is 126 Å². The lowest BCUT2D eigenvalue weighted by Gasteiger charge is -2.11. The highest BCUT2D eigenvalue weighted by molar-refractivity contribution is 7.93. The molecule has 0 heterocycles. The Morgan fingerprint density at radius 3 is 2.16 bits per heavy atom. The third kappa shape index (κ3) is 3.88. The second kappa shape index (κ2) is 6.05. The molecule has 1 aromatic carbocycles. The Morgan fingerprint density at radius 1 is 1.11 bits per heavy atom. The molecule has 0 bridgehead atoms. The molecule has 1 aromatic rings. The van der Waals surface area contributed by atoms with Gasteiger partial charge in [-0.15, -0.1) is 11.6 Å². The first kappa shape index (κ1) is 16.8. The van der Waals surface area contributed by atoms with Crippen molar-refractivity contribution in [2.45, 2.75) is 11.8 Å². The van der Waals surface area contributed by atoms with Crippen molar-refractivity contribution < 1.29 is 16.8 Å². The van der Waals surface area contributed by atoms with Crippen LogP contribution in [0.1, 0.15) is 6.92 Å². The molecule has 0 fully saturated rings. The van der Waals surface area contributed by atoms with Gasteiger partial charge in [0, 0.05) is 0 Å². The zero-order chi connectivity index (χ0) is 14.8. The van der Waals surface area contributed by atoms with Gasteiger partial charge >= 0.3 is 0 Å².